The van der Waals surface area contributed by atoms with Crippen LogP contribution in [0.3, 0.4) is 0 Å². The number of carbonyl (C=O) groups excluding carboxylic acids is 1. The molecule has 7 nitrogen and oxygen atoms in total. The Labute approximate surface area is 192 Å². The molecule has 1 aromatic carbocycles. The number of nitrogens with one attached hydrogen (secondary N) is 1. The zero-order valence-electron chi connectivity index (χ0n) is 18.5. The van der Waals surface area contributed by atoms with Gasteiger partial charge in [0.2, 0.25) is 5.82 Å². The van der Waals surface area contributed by atoms with Crippen molar-refractivity contribution in [3.05, 3.63) is 53.4 Å². The molecule has 1 amide bonds. The van der Waals surface area contributed by atoms with E-state index in [1.165, 1.54) is 25.3 Å². The number of anilines is 1. The minimum Gasteiger partial charge on any atom is -0.493 e. The quantitative estimate of drug-likeness (QED) is 0.421. The molecular formula is C22H24F5N3O4. The van der Waals surface area contributed by atoms with Gasteiger partial charge in [-0.15, -0.1) is 0 Å². The first-order valence-corrected chi connectivity index (χ1v) is 10.3. The number of aliphatic hydroxyl groups is 1. The summed E-state index contributed by atoms with van der Waals surface area (Å²) in [5.74, 6) is -6.87. The smallest absolute Gasteiger partial charge is 0.417 e. The van der Waals surface area contributed by atoms with E-state index in [2.05, 4.69) is 10.3 Å². The fraction of sp³-hybridized carbons (Fsp3) is 0.455. The van der Waals surface area contributed by atoms with Crippen molar-refractivity contribution in [1.29, 1.82) is 0 Å². The van der Waals surface area contributed by atoms with Crippen LogP contribution >= 0.6 is 0 Å². The summed E-state index contributed by atoms with van der Waals surface area (Å²) >= 11 is 0. The van der Waals surface area contributed by atoms with Crippen LogP contribution in [0.15, 0.2) is 30.5 Å². The SMILES string of the molecule is CC[C@H]1[C@@H](c2ccc(F)c(F)c2OC)[C@H](C(=O)Nc2ccnc(C(N)O)c2)O[C@@]1(C)C(F)(F)F. The van der Waals surface area contributed by atoms with Gasteiger partial charge in [-0.3, -0.25) is 9.78 Å². The number of methoxy groups -OCH3 is 1. The number of amides is 1. The predicted octanol–water partition coefficient (Wildman–Crippen LogP) is 3.79. The van der Waals surface area contributed by atoms with Gasteiger partial charge in [0.1, 0.15) is 12.3 Å². The van der Waals surface area contributed by atoms with Gasteiger partial charge >= 0.3 is 6.18 Å². The van der Waals surface area contributed by atoms with Crippen LogP contribution in [0, 0.1) is 17.6 Å². The Kier molecular flexibility index (Phi) is 7.15. The average molecular weight is 489 g/mol. The molecule has 12 heteroatoms. The number of aliphatic hydroxyl groups excluding tert-OH is 1. The van der Waals surface area contributed by atoms with E-state index in [9.17, 15) is 31.9 Å². The molecule has 1 saturated heterocycles. The summed E-state index contributed by atoms with van der Waals surface area (Å²) in [5, 5.41) is 11.9. The van der Waals surface area contributed by atoms with Gasteiger partial charge in [-0.1, -0.05) is 13.0 Å². The summed E-state index contributed by atoms with van der Waals surface area (Å²) in [5.41, 5.74) is 2.57. The highest BCUT2D eigenvalue weighted by molar-refractivity contribution is 5.95. The number of carbonyl (C=O) groups is 1. The van der Waals surface area contributed by atoms with E-state index in [0.717, 1.165) is 26.2 Å². The molecule has 0 bridgehead atoms. The molecule has 1 aliphatic rings. The van der Waals surface area contributed by atoms with Crippen molar-refractivity contribution in [2.75, 3.05) is 12.4 Å². The first kappa shape index (κ1) is 25.8. The number of nitrogens with two attached hydrogens (primary N) is 1. The maximum absolute atomic E-state index is 14.5. The highest BCUT2D eigenvalue weighted by Crippen LogP contribution is 2.56. The molecule has 3 rings (SSSR count). The van der Waals surface area contributed by atoms with Gasteiger partial charge in [0.25, 0.3) is 5.91 Å². The molecule has 1 unspecified atom stereocenters. The molecule has 0 radical (unpaired) electrons. The second kappa shape index (κ2) is 9.43. The van der Waals surface area contributed by atoms with Crippen LogP contribution < -0.4 is 15.8 Å². The highest BCUT2D eigenvalue weighted by Gasteiger charge is 2.66. The first-order valence-electron chi connectivity index (χ1n) is 10.3. The molecule has 2 heterocycles. The summed E-state index contributed by atoms with van der Waals surface area (Å²) in [6, 6.07) is 4.43. The van der Waals surface area contributed by atoms with Crippen LogP contribution in [0.4, 0.5) is 27.6 Å². The van der Waals surface area contributed by atoms with Crippen molar-refractivity contribution >= 4 is 11.6 Å². The lowest BCUT2D eigenvalue weighted by Gasteiger charge is -2.33. The van der Waals surface area contributed by atoms with Crippen LogP contribution in [0.25, 0.3) is 0 Å². The van der Waals surface area contributed by atoms with Gasteiger partial charge in [0.15, 0.2) is 17.2 Å². The number of rotatable bonds is 6. The van der Waals surface area contributed by atoms with Crippen LogP contribution in [0.2, 0.25) is 0 Å². The second-order valence-corrected chi connectivity index (χ2v) is 8.07. The average Bonchev–Trinajstić information content (AvgIpc) is 3.09. The summed E-state index contributed by atoms with van der Waals surface area (Å²) in [6.45, 7) is 2.30. The van der Waals surface area contributed by atoms with Gasteiger partial charge in [-0.2, -0.15) is 17.6 Å². The minimum absolute atomic E-state index is 0.00975. The van der Waals surface area contributed by atoms with E-state index >= 15 is 0 Å². The maximum atomic E-state index is 14.5. The number of nitrogens with zero attached hydrogens (tertiary/aromatic N) is 1. The van der Waals surface area contributed by atoms with Gasteiger partial charge in [0, 0.05) is 29.3 Å². The molecule has 0 saturated carbocycles. The predicted molar refractivity (Wildman–Crippen MR) is 111 cm³/mol. The molecule has 1 aliphatic heterocycles. The zero-order valence-corrected chi connectivity index (χ0v) is 18.5. The van der Waals surface area contributed by atoms with E-state index in [-0.39, 0.29) is 23.4 Å². The molecular weight excluding hydrogens is 465 g/mol. The molecule has 1 aromatic heterocycles. The molecule has 5 atom stereocenters. The highest BCUT2D eigenvalue weighted by atomic mass is 19.4. The summed E-state index contributed by atoms with van der Waals surface area (Å²) in [7, 11) is 1.05. The van der Waals surface area contributed by atoms with E-state index < -0.39 is 59.2 Å². The monoisotopic (exact) mass is 489 g/mol. The van der Waals surface area contributed by atoms with Crippen LogP contribution in [-0.4, -0.2) is 41.0 Å². The number of ether oxygens (including phenoxy) is 2. The molecule has 186 valence electrons. The zero-order chi connectivity index (χ0) is 25.4. The van der Waals surface area contributed by atoms with Crippen LogP contribution in [0.1, 0.15) is 43.7 Å². The number of hydrogen-bond acceptors (Lipinski definition) is 6. The lowest BCUT2D eigenvalue weighted by molar-refractivity contribution is -0.274. The van der Waals surface area contributed by atoms with Crippen LogP contribution in [-0.2, 0) is 9.53 Å². The molecule has 4 N–H and O–H groups in total. The molecule has 0 aliphatic carbocycles. The van der Waals surface area contributed by atoms with Crippen molar-refractivity contribution < 1.29 is 41.3 Å². The Morgan fingerprint density at radius 2 is 2.03 bits per heavy atom. The Balaban J connectivity index is 2.11. The first-order chi connectivity index (χ1) is 15.9. The normalized spacial score (nSPS) is 25.8. The standard InChI is InChI=1S/C22H24F5N3O4/c1-4-12-15(11-5-6-13(23)16(24)17(11)33-3)18(34-21(12,2)22(25,26)27)20(32)30-10-7-8-29-14(9-10)19(28)31/h5-9,12,15,18-19,31H,4,28H2,1-3H3,(H,29,30,32)/t12-,15+,18+,19?,21+/m0/s1. The minimum atomic E-state index is -4.87. The summed E-state index contributed by atoms with van der Waals surface area (Å²) < 4.78 is 81.0. The van der Waals surface area contributed by atoms with Gasteiger partial charge in [-0.25, -0.2) is 4.39 Å². The van der Waals surface area contributed by atoms with Crippen molar-refractivity contribution in [1.82, 2.24) is 4.98 Å². The second-order valence-electron chi connectivity index (χ2n) is 8.07. The third kappa shape index (κ3) is 4.44. The Morgan fingerprint density at radius 3 is 2.59 bits per heavy atom. The van der Waals surface area contributed by atoms with Gasteiger partial charge < -0.3 is 25.6 Å². The maximum Gasteiger partial charge on any atom is 0.417 e. The largest absolute Gasteiger partial charge is 0.493 e. The molecule has 1 fully saturated rings. The topological polar surface area (TPSA) is 107 Å². The van der Waals surface area contributed by atoms with E-state index in [1.807, 2.05) is 0 Å². The van der Waals surface area contributed by atoms with Crippen molar-refractivity contribution in [2.45, 2.75) is 50.3 Å². The number of benzene rings is 1. The van der Waals surface area contributed by atoms with E-state index in [0.29, 0.717) is 0 Å². The third-order valence-electron chi connectivity index (χ3n) is 6.10. The van der Waals surface area contributed by atoms with Crippen LogP contribution in [0.5, 0.6) is 5.75 Å². The number of aromatic nitrogens is 1. The third-order valence-corrected chi connectivity index (χ3v) is 6.10. The fourth-order valence-corrected chi connectivity index (χ4v) is 4.41. The number of hydrogen-bond donors (Lipinski definition) is 3. The fourth-order valence-electron chi connectivity index (χ4n) is 4.41. The van der Waals surface area contributed by atoms with E-state index in [1.54, 1.807) is 0 Å². The lowest BCUT2D eigenvalue weighted by Crippen LogP contribution is -2.48. The number of halogens is 5. The Morgan fingerprint density at radius 1 is 1.35 bits per heavy atom. The number of alkyl halides is 3. The number of pyridine rings is 1. The van der Waals surface area contributed by atoms with E-state index in [4.69, 9.17) is 15.2 Å². The van der Waals surface area contributed by atoms with Gasteiger partial charge in [-0.05, 0) is 31.5 Å². The summed E-state index contributed by atoms with van der Waals surface area (Å²) in [6.07, 6.45) is -6.92. The lowest BCUT2D eigenvalue weighted by atomic mass is 9.74. The molecule has 34 heavy (non-hydrogen) atoms. The molecule has 0 spiro atoms. The Hall–Kier alpha value is -2.83. The molecule has 2 aromatic rings. The van der Waals surface area contributed by atoms with Crippen molar-refractivity contribution in [3.8, 4) is 5.75 Å². The van der Waals surface area contributed by atoms with Crippen molar-refractivity contribution in [2.24, 2.45) is 11.7 Å². The Bertz CT molecular complexity index is 1070. The summed E-state index contributed by atoms with van der Waals surface area (Å²) in [4.78, 5) is 17.0. The van der Waals surface area contributed by atoms with Gasteiger partial charge in [0.05, 0.1) is 12.8 Å². The van der Waals surface area contributed by atoms with Crippen molar-refractivity contribution in [3.63, 3.8) is 0 Å².